The molecule has 2 heterocycles. The summed E-state index contributed by atoms with van der Waals surface area (Å²) in [5, 5.41) is 0. The summed E-state index contributed by atoms with van der Waals surface area (Å²) < 4.78 is 2.20. The zero-order valence-electron chi connectivity index (χ0n) is 11.2. The van der Waals surface area contributed by atoms with Gasteiger partial charge in [-0.25, -0.2) is 4.98 Å². The van der Waals surface area contributed by atoms with Gasteiger partial charge in [-0.3, -0.25) is 4.90 Å². The van der Waals surface area contributed by atoms with Crippen LogP contribution in [0.15, 0.2) is 0 Å². The molecule has 96 valence electrons. The van der Waals surface area contributed by atoms with Crippen molar-refractivity contribution in [2.75, 3.05) is 19.6 Å². The normalized spacial score (nSPS) is 19.5. The van der Waals surface area contributed by atoms with E-state index in [1.807, 2.05) is 0 Å². The summed E-state index contributed by atoms with van der Waals surface area (Å²) in [6, 6.07) is 0.335. The molecule has 0 spiro atoms. The smallest absolute Gasteiger partial charge is 0.105 e. The molecule has 1 aromatic heterocycles. The second kappa shape index (κ2) is 5.19. The second-order valence-corrected chi connectivity index (χ2v) is 5.04. The molecule has 1 saturated heterocycles. The van der Waals surface area contributed by atoms with Crippen LogP contribution in [0.5, 0.6) is 0 Å². The van der Waals surface area contributed by atoms with Gasteiger partial charge in [-0.2, -0.15) is 0 Å². The number of aromatic nitrogens is 2. The molecular formula is C13H24N4. The van der Waals surface area contributed by atoms with Crippen LogP contribution in [0.1, 0.15) is 42.5 Å². The molecule has 0 aromatic carbocycles. The quantitative estimate of drug-likeness (QED) is 0.865. The molecule has 1 unspecified atom stereocenters. The van der Waals surface area contributed by atoms with Gasteiger partial charge in [-0.1, -0.05) is 6.42 Å². The fourth-order valence-corrected chi connectivity index (χ4v) is 2.92. The molecule has 1 aliphatic rings. The molecule has 0 radical (unpaired) electrons. The van der Waals surface area contributed by atoms with Crippen LogP contribution in [0.2, 0.25) is 0 Å². The Kier molecular flexibility index (Phi) is 3.84. The molecule has 0 aliphatic carbocycles. The van der Waals surface area contributed by atoms with Gasteiger partial charge in [0.05, 0.1) is 17.4 Å². The molecule has 1 aliphatic heterocycles. The number of imidazole rings is 1. The summed E-state index contributed by atoms with van der Waals surface area (Å²) >= 11 is 0. The average Bonchev–Trinajstić information content (AvgIpc) is 2.58. The maximum atomic E-state index is 6.00. The second-order valence-electron chi connectivity index (χ2n) is 5.04. The highest BCUT2D eigenvalue weighted by molar-refractivity contribution is 5.20. The van der Waals surface area contributed by atoms with Crippen LogP contribution >= 0.6 is 0 Å². The molecule has 4 nitrogen and oxygen atoms in total. The Morgan fingerprint density at radius 1 is 1.24 bits per heavy atom. The summed E-state index contributed by atoms with van der Waals surface area (Å²) in [6.45, 7) is 7.17. The van der Waals surface area contributed by atoms with Gasteiger partial charge in [-0.05, 0) is 39.8 Å². The Morgan fingerprint density at radius 3 is 2.35 bits per heavy atom. The van der Waals surface area contributed by atoms with Crippen LogP contribution in [-0.4, -0.2) is 34.1 Å². The molecule has 17 heavy (non-hydrogen) atoms. The van der Waals surface area contributed by atoms with Crippen molar-refractivity contribution in [3.8, 4) is 0 Å². The van der Waals surface area contributed by atoms with Crippen molar-refractivity contribution < 1.29 is 0 Å². The molecule has 1 aromatic rings. The number of likely N-dealkylation sites (tertiary alicyclic amines) is 1. The van der Waals surface area contributed by atoms with E-state index in [4.69, 9.17) is 5.73 Å². The van der Waals surface area contributed by atoms with E-state index in [0.717, 1.165) is 11.5 Å². The van der Waals surface area contributed by atoms with Gasteiger partial charge < -0.3 is 10.3 Å². The topological polar surface area (TPSA) is 47.1 Å². The third kappa shape index (κ3) is 2.38. The summed E-state index contributed by atoms with van der Waals surface area (Å²) in [6.07, 6.45) is 3.95. The standard InChI is InChI=1S/C13H24N4/c1-10-13(16(3)11(2)15-10)12(9-14)17-7-5-4-6-8-17/h12H,4-9,14H2,1-3H3. The van der Waals surface area contributed by atoms with Gasteiger partial charge in [0.15, 0.2) is 0 Å². The minimum absolute atomic E-state index is 0.335. The Bertz CT molecular complexity index is 377. The molecule has 2 N–H and O–H groups in total. The molecular weight excluding hydrogens is 212 g/mol. The van der Waals surface area contributed by atoms with Gasteiger partial charge in [0.1, 0.15) is 5.82 Å². The van der Waals surface area contributed by atoms with Gasteiger partial charge in [0.2, 0.25) is 0 Å². The summed E-state index contributed by atoms with van der Waals surface area (Å²) in [5.41, 5.74) is 8.43. The van der Waals surface area contributed by atoms with E-state index in [1.54, 1.807) is 0 Å². The number of piperidine rings is 1. The van der Waals surface area contributed by atoms with Crippen LogP contribution in [0.3, 0.4) is 0 Å². The largest absolute Gasteiger partial charge is 0.334 e. The van der Waals surface area contributed by atoms with Crippen LogP contribution in [0.4, 0.5) is 0 Å². The molecule has 0 amide bonds. The molecule has 2 rings (SSSR count). The average molecular weight is 236 g/mol. The van der Waals surface area contributed by atoms with Crippen molar-refractivity contribution in [1.29, 1.82) is 0 Å². The lowest BCUT2D eigenvalue weighted by Crippen LogP contribution is -2.38. The number of nitrogens with two attached hydrogens (primary N) is 1. The van der Waals surface area contributed by atoms with Crippen LogP contribution in [-0.2, 0) is 7.05 Å². The Hall–Kier alpha value is -0.870. The van der Waals surface area contributed by atoms with Gasteiger partial charge >= 0.3 is 0 Å². The maximum Gasteiger partial charge on any atom is 0.105 e. The summed E-state index contributed by atoms with van der Waals surface area (Å²) in [7, 11) is 2.09. The first-order valence-electron chi connectivity index (χ1n) is 6.59. The first kappa shape index (κ1) is 12.6. The predicted octanol–water partition coefficient (Wildman–Crippen LogP) is 1.52. The highest BCUT2D eigenvalue weighted by Gasteiger charge is 2.25. The Morgan fingerprint density at radius 2 is 1.88 bits per heavy atom. The molecule has 1 fully saturated rings. The predicted molar refractivity (Wildman–Crippen MR) is 69.9 cm³/mol. The molecule has 1 atom stereocenters. The molecule has 4 heteroatoms. The maximum absolute atomic E-state index is 6.00. The van der Waals surface area contributed by atoms with E-state index in [2.05, 4.69) is 35.3 Å². The number of hydrogen-bond acceptors (Lipinski definition) is 3. The van der Waals surface area contributed by atoms with Crippen molar-refractivity contribution >= 4 is 0 Å². The number of rotatable bonds is 3. The van der Waals surface area contributed by atoms with E-state index in [-0.39, 0.29) is 0 Å². The zero-order chi connectivity index (χ0) is 12.4. The zero-order valence-corrected chi connectivity index (χ0v) is 11.2. The first-order valence-corrected chi connectivity index (χ1v) is 6.59. The Labute approximate surface area is 104 Å². The van der Waals surface area contributed by atoms with Crippen molar-refractivity contribution in [3.63, 3.8) is 0 Å². The number of hydrogen-bond donors (Lipinski definition) is 1. The monoisotopic (exact) mass is 236 g/mol. The van der Waals surface area contributed by atoms with Gasteiger partial charge in [0, 0.05) is 13.6 Å². The summed E-state index contributed by atoms with van der Waals surface area (Å²) in [4.78, 5) is 7.08. The lowest BCUT2D eigenvalue weighted by atomic mass is 10.0. The van der Waals surface area contributed by atoms with E-state index in [1.165, 1.54) is 38.0 Å². The van der Waals surface area contributed by atoms with Crippen LogP contribution in [0.25, 0.3) is 0 Å². The van der Waals surface area contributed by atoms with E-state index in [9.17, 15) is 0 Å². The SMILES string of the molecule is Cc1nc(C)n(C)c1C(CN)N1CCCCC1. The minimum atomic E-state index is 0.335. The van der Waals surface area contributed by atoms with Crippen molar-refractivity contribution in [1.82, 2.24) is 14.5 Å². The summed E-state index contributed by atoms with van der Waals surface area (Å²) in [5.74, 6) is 1.08. The third-order valence-corrected chi connectivity index (χ3v) is 3.92. The molecule has 0 saturated carbocycles. The fourth-order valence-electron chi connectivity index (χ4n) is 2.92. The highest BCUT2D eigenvalue weighted by atomic mass is 15.2. The highest BCUT2D eigenvalue weighted by Crippen LogP contribution is 2.26. The Balaban J connectivity index is 2.27. The lowest BCUT2D eigenvalue weighted by molar-refractivity contribution is 0.162. The number of nitrogens with zero attached hydrogens (tertiary/aromatic N) is 3. The van der Waals surface area contributed by atoms with Gasteiger partial charge in [-0.15, -0.1) is 0 Å². The van der Waals surface area contributed by atoms with Crippen LogP contribution in [0, 0.1) is 13.8 Å². The van der Waals surface area contributed by atoms with Crippen molar-refractivity contribution in [2.45, 2.75) is 39.2 Å². The molecule has 0 bridgehead atoms. The van der Waals surface area contributed by atoms with Crippen molar-refractivity contribution in [3.05, 3.63) is 17.2 Å². The number of aryl methyl sites for hydroxylation is 2. The van der Waals surface area contributed by atoms with Crippen LogP contribution < -0.4 is 5.73 Å². The van der Waals surface area contributed by atoms with E-state index in [0.29, 0.717) is 12.6 Å². The third-order valence-electron chi connectivity index (χ3n) is 3.92. The van der Waals surface area contributed by atoms with Crippen molar-refractivity contribution in [2.24, 2.45) is 12.8 Å². The van der Waals surface area contributed by atoms with Gasteiger partial charge in [0.25, 0.3) is 0 Å². The van der Waals surface area contributed by atoms with E-state index >= 15 is 0 Å². The first-order chi connectivity index (χ1) is 8.15. The fraction of sp³-hybridized carbons (Fsp3) is 0.769. The van der Waals surface area contributed by atoms with E-state index < -0.39 is 0 Å². The lowest BCUT2D eigenvalue weighted by Gasteiger charge is -2.34. The minimum Gasteiger partial charge on any atom is -0.334 e.